The molecule has 2 aliphatic heterocycles. The van der Waals surface area contributed by atoms with Crippen LogP contribution >= 0.6 is 0 Å². The molecule has 0 aromatic carbocycles. The molecular weight excluding hydrogens is 278 g/mol. The fourth-order valence-corrected chi connectivity index (χ4v) is 5.02. The first kappa shape index (κ1) is 12.3. The minimum Gasteiger partial charge on any atom is -0.324 e. The van der Waals surface area contributed by atoms with Crippen molar-refractivity contribution >= 4 is 21.6 Å². The number of anilines is 1. The quantitative estimate of drug-likeness (QED) is 0.882. The van der Waals surface area contributed by atoms with E-state index in [4.69, 9.17) is 0 Å². The van der Waals surface area contributed by atoms with E-state index in [1.165, 1.54) is 4.31 Å². The van der Waals surface area contributed by atoms with Crippen molar-refractivity contribution in [3.8, 4) is 0 Å². The lowest BCUT2D eigenvalue weighted by Crippen LogP contribution is -2.53. The van der Waals surface area contributed by atoms with Crippen molar-refractivity contribution < 1.29 is 13.2 Å². The third kappa shape index (κ3) is 1.69. The number of rotatable bonds is 3. The smallest absolute Gasteiger partial charge is 0.232 e. The van der Waals surface area contributed by atoms with Crippen molar-refractivity contribution in [2.45, 2.75) is 24.0 Å². The molecule has 1 aromatic heterocycles. The molecule has 0 radical (unpaired) electrons. The van der Waals surface area contributed by atoms with Gasteiger partial charge in [0.25, 0.3) is 0 Å². The number of amides is 1. The van der Waals surface area contributed by atoms with E-state index >= 15 is 0 Å². The monoisotopic (exact) mass is 293 g/mol. The molecule has 0 spiro atoms. The van der Waals surface area contributed by atoms with Gasteiger partial charge < -0.3 is 5.32 Å². The summed E-state index contributed by atoms with van der Waals surface area (Å²) in [6.07, 6.45) is 4.87. The van der Waals surface area contributed by atoms with Crippen LogP contribution in [0.1, 0.15) is 24.3 Å². The lowest BCUT2D eigenvalue weighted by Gasteiger charge is -2.40. The molecule has 20 heavy (non-hydrogen) atoms. The highest BCUT2D eigenvalue weighted by atomic mass is 32.2. The van der Waals surface area contributed by atoms with E-state index in [-0.39, 0.29) is 23.0 Å². The van der Waals surface area contributed by atoms with Crippen LogP contribution in [0.3, 0.4) is 0 Å². The SMILES string of the molecule is O=C1Nc2cnccc2C1C1CN(S(=O)(=O)C2CC2)C1. The first-order valence-corrected chi connectivity index (χ1v) is 8.31. The number of hydrogen-bond donors (Lipinski definition) is 1. The number of hydrogen-bond acceptors (Lipinski definition) is 4. The van der Waals surface area contributed by atoms with Crippen LogP contribution < -0.4 is 5.32 Å². The Morgan fingerprint density at radius 1 is 1.30 bits per heavy atom. The van der Waals surface area contributed by atoms with E-state index in [0.29, 0.717) is 13.1 Å². The van der Waals surface area contributed by atoms with E-state index in [2.05, 4.69) is 10.3 Å². The van der Waals surface area contributed by atoms with E-state index < -0.39 is 10.0 Å². The summed E-state index contributed by atoms with van der Waals surface area (Å²) in [5, 5.41) is 2.65. The fourth-order valence-electron chi connectivity index (χ4n) is 3.07. The van der Waals surface area contributed by atoms with Crippen molar-refractivity contribution in [1.82, 2.24) is 9.29 Å². The molecule has 6 nitrogen and oxygen atoms in total. The number of aromatic nitrogens is 1. The van der Waals surface area contributed by atoms with Gasteiger partial charge in [0.05, 0.1) is 23.1 Å². The normalized spacial score (nSPS) is 27.0. The van der Waals surface area contributed by atoms with Crippen LogP contribution in [0.15, 0.2) is 18.5 Å². The molecule has 7 heteroatoms. The Morgan fingerprint density at radius 3 is 2.75 bits per heavy atom. The molecular formula is C13H15N3O3S. The van der Waals surface area contributed by atoms with Crippen LogP contribution in [0.2, 0.25) is 0 Å². The summed E-state index contributed by atoms with van der Waals surface area (Å²) in [6, 6.07) is 1.84. The Morgan fingerprint density at radius 2 is 2.05 bits per heavy atom. The molecule has 2 fully saturated rings. The van der Waals surface area contributed by atoms with Crippen molar-refractivity contribution in [2.24, 2.45) is 5.92 Å². The van der Waals surface area contributed by atoms with Gasteiger partial charge in [-0.25, -0.2) is 12.7 Å². The Labute approximate surface area is 117 Å². The van der Waals surface area contributed by atoms with E-state index in [1.807, 2.05) is 6.07 Å². The minimum atomic E-state index is -3.10. The van der Waals surface area contributed by atoms with Gasteiger partial charge in [0, 0.05) is 25.2 Å². The van der Waals surface area contributed by atoms with Gasteiger partial charge in [0.1, 0.15) is 0 Å². The number of carbonyl (C=O) groups excluding carboxylic acids is 1. The van der Waals surface area contributed by atoms with Gasteiger partial charge in [-0.1, -0.05) is 0 Å². The van der Waals surface area contributed by atoms with Crippen molar-refractivity contribution in [1.29, 1.82) is 0 Å². The molecule has 1 amide bonds. The summed E-state index contributed by atoms with van der Waals surface area (Å²) in [5.74, 6) is -0.202. The molecule has 3 aliphatic rings. The number of fused-ring (bicyclic) bond motifs is 1. The Kier molecular flexibility index (Phi) is 2.47. The molecule has 1 aromatic rings. The summed E-state index contributed by atoms with van der Waals surface area (Å²) in [7, 11) is -3.10. The minimum absolute atomic E-state index is 0.0403. The van der Waals surface area contributed by atoms with Crippen LogP contribution in [-0.4, -0.2) is 42.0 Å². The maximum Gasteiger partial charge on any atom is 0.232 e. The lowest BCUT2D eigenvalue weighted by molar-refractivity contribution is -0.119. The van der Waals surface area contributed by atoms with Gasteiger partial charge in [0.2, 0.25) is 15.9 Å². The number of carbonyl (C=O) groups is 1. The fraction of sp³-hybridized carbons (Fsp3) is 0.538. The Bertz CT molecular complexity index is 678. The van der Waals surface area contributed by atoms with Gasteiger partial charge >= 0.3 is 0 Å². The zero-order chi connectivity index (χ0) is 13.9. The number of nitrogens with one attached hydrogen (secondary N) is 1. The van der Waals surface area contributed by atoms with Gasteiger partial charge in [-0.2, -0.15) is 0 Å². The van der Waals surface area contributed by atoms with Crippen LogP contribution in [0, 0.1) is 5.92 Å². The highest BCUT2D eigenvalue weighted by Crippen LogP contribution is 2.43. The summed E-state index contributed by atoms with van der Waals surface area (Å²) < 4.78 is 25.7. The molecule has 1 N–H and O–H groups in total. The molecule has 1 aliphatic carbocycles. The van der Waals surface area contributed by atoms with Gasteiger partial charge in [-0.05, 0) is 24.5 Å². The van der Waals surface area contributed by atoms with Gasteiger partial charge in [-0.3, -0.25) is 9.78 Å². The van der Waals surface area contributed by atoms with Crippen molar-refractivity contribution in [3.63, 3.8) is 0 Å². The van der Waals surface area contributed by atoms with Crippen LogP contribution in [-0.2, 0) is 14.8 Å². The number of nitrogens with zero attached hydrogens (tertiary/aromatic N) is 2. The van der Waals surface area contributed by atoms with Crippen LogP contribution in [0.25, 0.3) is 0 Å². The van der Waals surface area contributed by atoms with Crippen LogP contribution in [0.5, 0.6) is 0 Å². The Hall–Kier alpha value is -1.47. The van der Waals surface area contributed by atoms with E-state index in [1.54, 1.807) is 12.4 Å². The third-order valence-corrected chi connectivity index (χ3v) is 6.72. The van der Waals surface area contributed by atoms with Gasteiger partial charge in [0.15, 0.2) is 0 Å². The lowest BCUT2D eigenvalue weighted by atomic mass is 9.83. The average molecular weight is 293 g/mol. The predicted molar refractivity (Wildman–Crippen MR) is 72.6 cm³/mol. The number of sulfonamides is 1. The van der Waals surface area contributed by atoms with Gasteiger partial charge in [-0.15, -0.1) is 0 Å². The first-order chi connectivity index (χ1) is 9.57. The molecule has 1 atom stereocenters. The predicted octanol–water partition coefficient (Wildman–Crippen LogP) is 0.541. The molecule has 106 valence electrons. The number of pyridine rings is 1. The summed E-state index contributed by atoms with van der Waals surface area (Å²) in [5.41, 5.74) is 1.70. The molecule has 1 unspecified atom stereocenters. The standard InChI is InChI=1S/C13H15N3O3S/c17-13-12(10-3-4-14-5-11(10)15-13)8-6-16(7-8)20(18,19)9-1-2-9/h3-5,8-9,12H,1-2,6-7H2,(H,15,17). The maximum absolute atomic E-state index is 12.1. The second kappa shape index (κ2) is 4.02. The summed E-state index contributed by atoms with van der Waals surface area (Å²) in [6.45, 7) is 0.914. The second-order valence-electron chi connectivity index (χ2n) is 5.75. The molecule has 3 heterocycles. The summed E-state index contributed by atoms with van der Waals surface area (Å²) in [4.78, 5) is 16.1. The molecule has 1 saturated heterocycles. The average Bonchev–Trinajstić information content (AvgIpc) is 3.14. The molecule has 0 bridgehead atoms. The maximum atomic E-state index is 12.1. The highest BCUT2D eigenvalue weighted by molar-refractivity contribution is 7.90. The largest absolute Gasteiger partial charge is 0.324 e. The van der Waals surface area contributed by atoms with E-state index in [9.17, 15) is 13.2 Å². The molecule has 1 saturated carbocycles. The third-order valence-electron chi connectivity index (χ3n) is 4.38. The topological polar surface area (TPSA) is 79.4 Å². The first-order valence-electron chi connectivity index (χ1n) is 6.81. The van der Waals surface area contributed by atoms with Crippen LogP contribution in [0.4, 0.5) is 5.69 Å². The zero-order valence-electron chi connectivity index (χ0n) is 10.8. The Balaban J connectivity index is 1.53. The zero-order valence-corrected chi connectivity index (χ0v) is 11.6. The summed E-state index contributed by atoms with van der Waals surface area (Å²) >= 11 is 0. The molecule has 4 rings (SSSR count). The van der Waals surface area contributed by atoms with E-state index in [0.717, 1.165) is 24.1 Å². The van der Waals surface area contributed by atoms with Crippen molar-refractivity contribution in [2.75, 3.05) is 18.4 Å². The highest BCUT2D eigenvalue weighted by Gasteiger charge is 2.49. The second-order valence-corrected chi connectivity index (χ2v) is 7.96. The van der Waals surface area contributed by atoms with Crippen molar-refractivity contribution in [3.05, 3.63) is 24.0 Å².